The van der Waals surface area contributed by atoms with Crippen LogP contribution in [0.3, 0.4) is 0 Å². The fraction of sp³-hybridized carbons (Fsp3) is 0.632. The first kappa shape index (κ1) is 22.2. The standard InChI is InChI=1S/C19H32N4O.HI/c1-5-16(3)22-19(20-4)21-14-18(23-9-11-24-12-10-23)17-8-6-7-15(2)13-17;/h6-8,13,16,18H,5,9-12,14H2,1-4H3,(H2,20,21,22);1H. The number of rotatable bonds is 6. The molecule has 142 valence electrons. The molecule has 25 heavy (non-hydrogen) atoms. The molecule has 1 aliphatic heterocycles. The average Bonchev–Trinajstić information content (AvgIpc) is 2.61. The van der Waals surface area contributed by atoms with Gasteiger partial charge in [-0.15, -0.1) is 24.0 Å². The molecule has 0 radical (unpaired) electrons. The van der Waals surface area contributed by atoms with Crippen LogP contribution in [0.25, 0.3) is 0 Å². The number of aryl methyl sites for hydroxylation is 1. The van der Waals surface area contributed by atoms with Gasteiger partial charge in [-0.3, -0.25) is 9.89 Å². The summed E-state index contributed by atoms with van der Waals surface area (Å²) in [5, 5.41) is 6.94. The number of ether oxygens (including phenoxy) is 1. The predicted molar refractivity (Wildman–Crippen MR) is 116 cm³/mol. The zero-order valence-electron chi connectivity index (χ0n) is 15.9. The highest BCUT2D eigenvalue weighted by Crippen LogP contribution is 2.22. The molecular weight excluding hydrogens is 427 g/mol. The number of morpholine rings is 1. The second kappa shape index (κ2) is 11.7. The molecule has 0 amide bonds. The number of hydrogen-bond acceptors (Lipinski definition) is 3. The third-order valence-electron chi connectivity index (χ3n) is 4.60. The van der Waals surface area contributed by atoms with Gasteiger partial charge in [0, 0.05) is 32.7 Å². The zero-order chi connectivity index (χ0) is 17.4. The van der Waals surface area contributed by atoms with Crippen LogP contribution in [0.1, 0.15) is 37.4 Å². The van der Waals surface area contributed by atoms with Crippen molar-refractivity contribution in [3.05, 3.63) is 35.4 Å². The van der Waals surface area contributed by atoms with Gasteiger partial charge in [-0.05, 0) is 25.8 Å². The van der Waals surface area contributed by atoms with Crippen molar-refractivity contribution in [3.8, 4) is 0 Å². The summed E-state index contributed by atoms with van der Waals surface area (Å²) in [6.07, 6.45) is 1.07. The van der Waals surface area contributed by atoms with E-state index in [1.807, 2.05) is 7.05 Å². The summed E-state index contributed by atoms with van der Waals surface area (Å²) in [5.74, 6) is 0.871. The lowest BCUT2D eigenvalue weighted by molar-refractivity contribution is 0.0170. The molecule has 1 aromatic rings. The molecule has 2 N–H and O–H groups in total. The molecule has 1 heterocycles. The van der Waals surface area contributed by atoms with Crippen LogP contribution in [0.15, 0.2) is 29.3 Å². The minimum absolute atomic E-state index is 0. The molecule has 0 aliphatic carbocycles. The Hall–Kier alpha value is -0.860. The molecular formula is C19H33IN4O. The molecule has 1 aliphatic rings. The first-order valence-electron chi connectivity index (χ1n) is 8.99. The minimum Gasteiger partial charge on any atom is -0.379 e. The molecule has 0 spiro atoms. The fourth-order valence-corrected chi connectivity index (χ4v) is 2.95. The van der Waals surface area contributed by atoms with Crippen molar-refractivity contribution < 1.29 is 4.74 Å². The van der Waals surface area contributed by atoms with E-state index in [9.17, 15) is 0 Å². The summed E-state index contributed by atoms with van der Waals surface area (Å²) < 4.78 is 5.53. The maximum atomic E-state index is 5.53. The van der Waals surface area contributed by atoms with Crippen LogP contribution in [0.5, 0.6) is 0 Å². The van der Waals surface area contributed by atoms with Crippen molar-refractivity contribution in [3.63, 3.8) is 0 Å². The van der Waals surface area contributed by atoms with Gasteiger partial charge < -0.3 is 15.4 Å². The van der Waals surface area contributed by atoms with Gasteiger partial charge in [0.25, 0.3) is 0 Å². The maximum Gasteiger partial charge on any atom is 0.191 e. The summed E-state index contributed by atoms with van der Waals surface area (Å²) >= 11 is 0. The van der Waals surface area contributed by atoms with Crippen LogP contribution < -0.4 is 10.6 Å². The van der Waals surface area contributed by atoms with Crippen molar-refractivity contribution in [2.24, 2.45) is 4.99 Å². The lowest BCUT2D eigenvalue weighted by Gasteiger charge is -2.35. The van der Waals surface area contributed by atoms with Crippen LogP contribution in [0, 0.1) is 6.92 Å². The maximum absolute atomic E-state index is 5.53. The highest BCUT2D eigenvalue weighted by atomic mass is 127. The van der Waals surface area contributed by atoms with E-state index >= 15 is 0 Å². The third-order valence-corrected chi connectivity index (χ3v) is 4.60. The van der Waals surface area contributed by atoms with E-state index in [2.05, 4.69) is 65.6 Å². The summed E-state index contributed by atoms with van der Waals surface area (Å²) in [5.41, 5.74) is 2.65. The zero-order valence-corrected chi connectivity index (χ0v) is 18.2. The third kappa shape index (κ3) is 7.11. The van der Waals surface area contributed by atoms with E-state index in [1.165, 1.54) is 11.1 Å². The van der Waals surface area contributed by atoms with E-state index in [-0.39, 0.29) is 24.0 Å². The van der Waals surface area contributed by atoms with Crippen LogP contribution in [-0.2, 0) is 4.74 Å². The lowest BCUT2D eigenvalue weighted by Crippen LogP contribution is -2.47. The van der Waals surface area contributed by atoms with Crippen molar-refractivity contribution in [2.45, 2.75) is 39.3 Å². The number of nitrogens with zero attached hydrogens (tertiary/aromatic N) is 2. The van der Waals surface area contributed by atoms with E-state index in [0.29, 0.717) is 12.1 Å². The van der Waals surface area contributed by atoms with Crippen molar-refractivity contribution in [2.75, 3.05) is 39.9 Å². The molecule has 1 fully saturated rings. The van der Waals surface area contributed by atoms with E-state index in [0.717, 1.165) is 45.2 Å². The van der Waals surface area contributed by atoms with Gasteiger partial charge >= 0.3 is 0 Å². The SMILES string of the molecule is CCC(C)NC(=NC)NCC(c1cccc(C)c1)N1CCOCC1.I. The number of aliphatic imine (C=N–C) groups is 1. The molecule has 0 saturated carbocycles. The summed E-state index contributed by atoms with van der Waals surface area (Å²) in [6.45, 7) is 10.9. The Morgan fingerprint density at radius 3 is 2.64 bits per heavy atom. The average molecular weight is 460 g/mol. The Labute approximate surface area is 169 Å². The highest BCUT2D eigenvalue weighted by molar-refractivity contribution is 14.0. The number of halogens is 1. The van der Waals surface area contributed by atoms with Crippen LogP contribution in [0.4, 0.5) is 0 Å². The van der Waals surface area contributed by atoms with Crippen LogP contribution in [0.2, 0.25) is 0 Å². The topological polar surface area (TPSA) is 48.9 Å². The second-order valence-electron chi connectivity index (χ2n) is 6.49. The smallest absolute Gasteiger partial charge is 0.191 e. The highest BCUT2D eigenvalue weighted by Gasteiger charge is 2.23. The molecule has 2 rings (SSSR count). The molecule has 2 unspecified atom stereocenters. The Morgan fingerprint density at radius 2 is 2.04 bits per heavy atom. The Kier molecular flexibility index (Phi) is 10.4. The largest absolute Gasteiger partial charge is 0.379 e. The molecule has 6 heteroatoms. The van der Waals surface area contributed by atoms with E-state index in [1.54, 1.807) is 0 Å². The van der Waals surface area contributed by atoms with Crippen molar-refractivity contribution in [1.82, 2.24) is 15.5 Å². The Bertz CT molecular complexity index is 532. The van der Waals surface area contributed by atoms with E-state index < -0.39 is 0 Å². The van der Waals surface area contributed by atoms with Crippen molar-refractivity contribution in [1.29, 1.82) is 0 Å². The molecule has 1 aromatic carbocycles. The number of nitrogens with one attached hydrogen (secondary N) is 2. The van der Waals surface area contributed by atoms with Gasteiger partial charge in [-0.25, -0.2) is 0 Å². The van der Waals surface area contributed by atoms with Crippen LogP contribution in [-0.4, -0.2) is 56.8 Å². The van der Waals surface area contributed by atoms with Gasteiger partial charge in [0.2, 0.25) is 0 Å². The van der Waals surface area contributed by atoms with Gasteiger partial charge in [-0.2, -0.15) is 0 Å². The Balaban J connectivity index is 0.00000312. The molecule has 1 saturated heterocycles. The summed E-state index contributed by atoms with van der Waals surface area (Å²) in [6, 6.07) is 9.54. The predicted octanol–water partition coefficient (Wildman–Crippen LogP) is 2.95. The number of benzene rings is 1. The van der Waals surface area contributed by atoms with Crippen LogP contribution >= 0.6 is 24.0 Å². The lowest BCUT2D eigenvalue weighted by atomic mass is 10.0. The van der Waals surface area contributed by atoms with Gasteiger partial charge in [0.15, 0.2) is 5.96 Å². The number of hydrogen-bond donors (Lipinski definition) is 2. The van der Waals surface area contributed by atoms with Gasteiger partial charge in [0.1, 0.15) is 0 Å². The van der Waals surface area contributed by atoms with Gasteiger partial charge in [-0.1, -0.05) is 36.8 Å². The Morgan fingerprint density at radius 1 is 1.32 bits per heavy atom. The quantitative estimate of drug-likeness (QED) is 0.390. The van der Waals surface area contributed by atoms with Gasteiger partial charge in [0.05, 0.1) is 19.3 Å². The molecule has 0 bridgehead atoms. The van der Waals surface area contributed by atoms with E-state index in [4.69, 9.17) is 4.74 Å². The molecule has 5 nitrogen and oxygen atoms in total. The monoisotopic (exact) mass is 460 g/mol. The first-order chi connectivity index (χ1) is 11.6. The van der Waals surface area contributed by atoms with Crippen molar-refractivity contribution >= 4 is 29.9 Å². The molecule has 0 aromatic heterocycles. The second-order valence-corrected chi connectivity index (χ2v) is 6.49. The summed E-state index contributed by atoms with van der Waals surface area (Å²) in [7, 11) is 1.83. The molecule has 2 atom stereocenters. The first-order valence-corrected chi connectivity index (χ1v) is 8.99. The normalized spacial score (nSPS) is 18.2. The summed E-state index contributed by atoms with van der Waals surface area (Å²) in [4.78, 5) is 6.86. The minimum atomic E-state index is 0. The fourth-order valence-electron chi connectivity index (χ4n) is 2.95. The number of guanidine groups is 1.